The molecule has 198 valence electrons. The number of benzene rings is 2. The molecule has 4 aromatic rings. The Morgan fingerprint density at radius 2 is 1.82 bits per heavy atom. The van der Waals surface area contributed by atoms with Crippen molar-refractivity contribution in [3.8, 4) is 17.1 Å². The number of piperidine rings is 1. The molecule has 0 saturated carbocycles. The quantitative estimate of drug-likeness (QED) is 0.373. The third-order valence-electron chi connectivity index (χ3n) is 7.32. The highest BCUT2D eigenvalue weighted by atomic mass is 16.5. The summed E-state index contributed by atoms with van der Waals surface area (Å²) in [6.07, 6.45) is 5.35. The van der Waals surface area contributed by atoms with Gasteiger partial charge in [0.15, 0.2) is 0 Å². The number of nitrogens with zero attached hydrogens (tertiary/aromatic N) is 5. The number of carbonyl (C=O) groups excluding carboxylic acids is 1. The molecule has 1 fully saturated rings. The summed E-state index contributed by atoms with van der Waals surface area (Å²) in [5, 5.41) is 7.35. The van der Waals surface area contributed by atoms with E-state index in [1.54, 1.807) is 6.20 Å². The molecule has 1 N–H and O–H groups in total. The molecular formula is C30H36N6O2. The van der Waals surface area contributed by atoms with E-state index < -0.39 is 0 Å². The van der Waals surface area contributed by atoms with Crippen molar-refractivity contribution in [3.05, 3.63) is 83.8 Å². The van der Waals surface area contributed by atoms with Crippen LogP contribution in [0.25, 0.3) is 17.1 Å². The molecule has 0 atom stereocenters. The summed E-state index contributed by atoms with van der Waals surface area (Å²) in [5.74, 6) is 2.26. The first-order valence-electron chi connectivity index (χ1n) is 13.3. The van der Waals surface area contributed by atoms with Crippen molar-refractivity contribution in [2.75, 3.05) is 13.1 Å². The molecule has 5 rings (SSSR count). The van der Waals surface area contributed by atoms with Gasteiger partial charge in [-0.25, -0.2) is 4.98 Å². The van der Waals surface area contributed by atoms with E-state index in [0.717, 1.165) is 48.6 Å². The molecule has 0 bridgehead atoms. The molecule has 1 amide bonds. The van der Waals surface area contributed by atoms with Crippen molar-refractivity contribution >= 4 is 5.91 Å². The molecule has 8 heteroatoms. The van der Waals surface area contributed by atoms with Crippen LogP contribution in [0.2, 0.25) is 0 Å². The van der Waals surface area contributed by atoms with Gasteiger partial charge < -0.3 is 14.4 Å². The van der Waals surface area contributed by atoms with E-state index in [9.17, 15) is 4.79 Å². The number of hydrogen-bond donors (Lipinski definition) is 1. The lowest BCUT2D eigenvalue weighted by Crippen LogP contribution is -2.40. The van der Waals surface area contributed by atoms with Crippen molar-refractivity contribution in [1.29, 1.82) is 0 Å². The topological polar surface area (TPSA) is 89.1 Å². The van der Waals surface area contributed by atoms with Gasteiger partial charge in [0.05, 0.1) is 12.2 Å². The fraction of sp³-hybridized carbons (Fsp3) is 0.400. The average Bonchev–Trinajstić information content (AvgIpc) is 3.56. The van der Waals surface area contributed by atoms with Gasteiger partial charge in [-0.3, -0.25) is 9.69 Å². The third-order valence-corrected chi connectivity index (χ3v) is 7.32. The molecule has 8 nitrogen and oxygen atoms in total. The SMILES string of the molecule is Cc1nccn1-c1ccccc1CNC(=O)C1CCN(Cc2nc(-c3ccc(C(C)(C)C)cc3)no2)CC1. The van der Waals surface area contributed by atoms with Crippen LogP contribution in [0.4, 0.5) is 0 Å². The molecule has 1 aliphatic heterocycles. The van der Waals surface area contributed by atoms with Crippen molar-refractivity contribution in [2.24, 2.45) is 5.92 Å². The monoisotopic (exact) mass is 512 g/mol. The van der Waals surface area contributed by atoms with Crippen LogP contribution in [-0.4, -0.2) is 43.6 Å². The van der Waals surface area contributed by atoms with E-state index in [1.165, 1.54) is 5.56 Å². The highest BCUT2D eigenvalue weighted by molar-refractivity contribution is 5.78. The highest BCUT2D eigenvalue weighted by Crippen LogP contribution is 2.26. The zero-order chi connectivity index (χ0) is 26.7. The lowest BCUT2D eigenvalue weighted by Gasteiger charge is -2.30. The zero-order valence-corrected chi connectivity index (χ0v) is 22.6. The average molecular weight is 513 g/mol. The number of nitrogens with one attached hydrogen (secondary N) is 1. The Morgan fingerprint density at radius 3 is 2.50 bits per heavy atom. The van der Waals surface area contributed by atoms with Crippen molar-refractivity contribution < 1.29 is 9.32 Å². The molecule has 0 unspecified atom stereocenters. The van der Waals surface area contributed by atoms with E-state index in [0.29, 0.717) is 24.8 Å². The Hall–Kier alpha value is -3.78. The number of rotatable bonds is 7. The molecule has 2 aromatic carbocycles. The Labute approximate surface area is 224 Å². The van der Waals surface area contributed by atoms with Crippen LogP contribution in [0, 0.1) is 12.8 Å². The first-order chi connectivity index (χ1) is 18.3. The zero-order valence-electron chi connectivity index (χ0n) is 22.6. The smallest absolute Gasteiger partial charge is 0.241 e. The fourth-order valence-electron chi connectivity index (χ4n) is 4.95. The maximum Gasteiger partial charge on any atom is 0.241 e. The van der Waals surface area contributed by atoms with E-state index in [-0.39, 0.29) is 17.2 Å². The number of aryl methyl sites for hydroxylation is 1. The van der Waals surface area contributed by atoms with Crippen molar-refractivity contribution in [1.82, 2.24) is 29.9 Å². The number of aromatic nitrogens is 4. The molecule has 1 aliphatic rings. The summed E-state index contributed by atoms with van der Waals surface area (Å²) in [7, 11) is 0. The predicted molar refractivity (Wildman–Crippen MR) is 147 cm³/mol. The standard InChI is InChI=1S/C30H36N6O2/c1-21-31-15-18-36(21)26-8-6-5-7-24(26)19-32-29(37)23-13-16-35(17-14-23)20-27-33-28(34-38-27)22-9-11-25(12-10-22)30(2,3)4/h5-12,15,18,23H,13-14,16-17,19-20H2,1-4H3,(H,32,37). The van der Waals surface area contributed by atoms with E-state index in [1.807, 2.05) is 42.0 Å². The Balaban J connectivity index is 1.12. The number of amides is 1. The lowest BCUT2D eigenvalue weighted by atomic mass is 9.87. The molecule has 2 aromatic heterocycles. The normalized spacial score (nSPS) is 15.1. The third kappa shape index (κ3) is 5.86. The summed E-state index contributed by atoms with van der Waals surface area (Å²) in [5.41, 5.74) is 4.44. The fourth-order valence-corrected chi connectivity index (χ4v) is 4.95. The lowest BCUT2D eigenvalue weighted by molar-refractivity contribution is -0.126. The maximum atomic E-state index is 13.0. The molecule has 0 radical (unpaired) electrons. The minimum absolute atomic E-state index is 0.00738. The van der Waals surface area contributed by atoms with Gasteiger partial charge in [-0.1, -0.05) is 68.4 Å². The van der Waals surface area contributed by atoms with Gasteiger partial charge in [0.2, 0.25) is 17.6 Å². The van der Waals surface area contributed by atoms with Gasteiger partial charge in [0.25, 0.3) is 0 Å². The second-order valence-corrected chi connectivity index (χ2v) is 11.1. The number of imidazole rings is 1. The van der Waals surface area contributed by atoms with Crippen LogP contribution in [0.5, 0.6) is 0 Å². The van der Waals surface area contributed by atoms with Crippen LogP contribution in [0.3, 0.4) is 0 Å². The van der Waals surface area contributed by atoms with Crippen molar-refractivity contribution in [3.63, 3.8) is 0 Å². The number of carbonyl (C=O) groups is 1. The van der Waals surface area contributed by atoms with Gasteiger partial charge >= 0.3 is 0 Å². The molecule has 0 aliphatic carbocycles. The summed E-state index contributed by atoms with van der Waals surface area (Å²) < 4.78 is 7.59. The summed E-state index contributed by atoms with van der Waals surface area (Å²) in [4.78, 5) is 24.2. The first kappa shape index (κ1) is 25.9. The van der Waals surface area contributed by atoms with Gasteiger partial charge in [-0.05, 0) is 55.5 Å². The second-order valence-electron chi connectivity index (χ2n) is 11.1. The molecule has 0 spiro atoms. The van der Waals surface area contributed by atoms with Crippen LogP contribution in [0.1, 0.15) is 56.5 Å². The Bertz CT molecular complexity index is 1370. The van der Waals surface area contributed by atoms with Gasteiger partial charge in [-0.2, -0.15) is 4.98 Å². The number of likely N-dealkylation sites (tertiary alicyclic amines) is 1. The summed E-state index contributed by atoms with van der Waals surface area (Å²) >= 11 is 0. The molecular weight excluding hydrogens is 476 g/mol. The number of para-hydroxylation sites is 1. The van der Waals surface area contributed by atoms with Crippen LogP contribution >= 0.6 is 0 Å². The van der Waals surface area contributed by atoms with Crippen molar-refractivity contribution in [2.45, 2.75) is 59.0 Å². The van der Waals surface area contributed by atoms with Gasteiger partial charge in [-0.15, -0.1) is 0 Å². The number of hydrogen-bond acceptors (Lipinski definition) is 6. The Morgan fingerprint density at radius 1 is 1.08 bits per heavy atom. The van der Waals surface area contributed by atoms with E-state index in [4.69, 9.17) is 4.52 Å². The summed E-state index contributed by atoms with van der Waals surface area (Å²) in [6, 6.07) is 16.5. The highest BCUT2D eigenvalue weighted by Gasteiger charge is 2.26. The van der Waals surface area contributed by atoms with Crippen LogP contribution in [0.15, 0.2) is 65.4 Å². The summed E-state index contributed by atoms with van der Waals surface area (Å²) in [6.45, 7) is 11.3. The Kier molecular flexibility index (Phi) is 7.42. The molecule has 38 heavy (non-hydrogen) atoms. The first-order valence-corrected chi connectivity index (χ1v) is 13.3. The minimum Gasteiger partial charge on any atom is -0.352 e. The van der Waals surface area contributed by atoms with E-state index >= 15 is 0 Å². The largest absolute Gasteiger partial charge is 0.352 e. The maximum absolute atomic E-state index is 13.0. The van der Waals surface area contributed by atoms with E-state index in [2.05, 4.69) is 70.4 Å². The molecule has 3 heterocycles. The minimum atomic E-state index is 0.00738. The van der Waals surface area contributed by atoms with Crippen LogP contribution in [-0.2, 0) is 23.3 Å². The predicted octanol–water partition coefficient (Wildman–Crippen LogP) is 5.06. The van der Waals surface area contributed by atoms with Gasteiger partial charge in [0.1, 0.15) is 5.82 Å². The van der Waals surface area contributed by atoms with Gasteiger partial charge in [0, 0.05) is 30.4 Å². The van der Waals surface area contributed by atoms with Crippen LogP contribution < -0.4 is 5.32 Å². The second kappa shape index (κ2) is 10.9. The molecule has 1 saturated heterocycles.